The van der Waals surface area contributed by atoms with E-state index in [-0.39, 0.29) is 5.78 Å². The Labute approximate surface area is 120 Å². The lowest BCUT2D eigenvalue weighted by Crippen LogP contribution is -2.10. The molecule has 2 nitrogen and oxygen atoms in total. The van der Waals surface area contributed by atoms with Crippen LogP contribution in [0.1, 0.15) is 43.1 Å². The Morgan fingerprint density at radius 2 is 2.11 bits per heavy atom. The normalized spacial score (nSPS) is 10.8. The van der Waals surface area contributed by atoms with Crippen LogP contribution in [0.2, 0.25) is 0 Å². The number of carbonyl (C=O) groups is 1. The Kier molecular flexibility index (Phi) is 7.00. The molecule has 0 atom stereocenters. The topological polar surface area (TPSA) is 26.3 Å². The molecule has 0 amide bonds. The number of ether oxygens (including phenoxy) is 1. The lowest BCUT2D eigenvalue weighted by molar-refractivity contribution is 0.101. The van der Waals surface area contributed by atoms with E-state index in [1.54, 1.807) is 11.8 Å². The number of aryl methyl sites for hydroxylation is 1. The molecule has 0 aromatic heterocycles. The van der Waals surface area contributed by atoms with Crippen LogP contribution in [0, 0.1) is 12.8 Å². The number of hydrogen-bond acceptors (Lipinski definition) is 3. The summed E-state index contributed by atoms with van der Waals surface area (Å²) in [7, 11) is 0. The molecular formula is C16H24O2S. The number of ketones is 1. The molecule has 0 unspecified atom stereocenters. The van der Waals surface area contributed by atoms with Gasteiger partial charge in [0, 0.05) is 0 Å². The first-order valence-electron chi connectivity index (χ1n) is 6.89. The van der Waals surface area contributed by atoms with Crippen molar-refractivity contribution in [2.75, 3.05) is 18.1 Å². The molecule has 3 heteroatoms. The first-order chi connectivity index (χ1) is 9.04. The largest absolute Gasteiger partial charge is 0.493 e. The molecule has 0 heterocycles. The zero-order valence-corrected chi connectivity index (χ0v) is 13.2. The van der Waals surface area contributed by atoms with E-state index in [0.29, 0.717) is 18.3 Å². The van der Waals surface area contributed by atoms with E-state index in [1.807, 2.05) is 25.1 Å². The lowest BCUT2D eigenvalue weighted by Gasteiger charge is -2.13. The number of thioether (sulfide) groups is 1. The second kappa shape index (κ2) is 8.26. The van der Waals surface area contributed by atoms with Crippen molar-refractivity contribution in [1.82, 2.24) is 0 Å². The fourth-order valence-corrected chi connectivity index (χ4v) is 2.40. The smallest absolute Gasteiger partial charge is 0.176 e. The van der Waals surface area contributed by atoms with Crippen LogP contribution in [0.3, 0.4) is 0 Å². The molecule has 1 aromatic rings. The van der Waals surface area contributed by atoms with Gasteiger partial charge in [0.1, 0.15) is 5.75 Å². The Bertz CT molecular complexity index is 413. The van der Waals surface area contributed by atoms with Crippen LogP contribution in [0.25, 0.3) is 0 Å². The summed E-state index contributed by atoms with van der Waals surface area (Å²) in [5, 5.41) is 0. The van der Waals surface area contributed by atoms with Gasteiger partial charge in [-0.15, -0.1) is 0 Å². The van der Waals surface area contributed by atoms with E-state index in [2.05, 4.69) is 20.8 Å². The van der Waals surface area contributed by atoms with Crippen LogP contribution in [-0.4, -0.2) is 23.9 Å². The monoisotopic (exact) mass is 280 g/mol. The van der Waals surface area contributed by atoms with Gasteiger partial charge in [-0.3, -0.25) is 4.79 Å². The van der Waals surface area contributed by atoms with Crippen LogP contribution in [0.5, 0.6) is 5.75 Å². The summed E-state index contributed by atoms with van der Waals surface area (Å²) < 4.78 is 5.75. The van der Waals surface area contributed by atoms with E-state index >= 15 is 0 Å². The van der Waals surface area contributed by atoms with Crippen LogP contribution in [-0.2, 0) is 0 Å². The average molecular weight is 280 g/mol. The molecule has 1 aromatic carbocycles. The number of hydrogen-bond donors (Lipinski definition) is 0. The lowest BCUT2D eigenvalue weighted by atomic mass is 10.1. The minimum atomic E-state index is 0.168. The number of carbonyl (C=O) groups excluding carboxylic acids is 1. The van der Waals surface area contributed by atoms with E-state index < -0.39 is 0 Å². The van der Waals surface area contributed by atoms with E-state index in [1.165, 1.54) is 0 Å². The minimum absolute atomic E-state index is 0.168. The number of Topliss-reactive ketones (excluding diaryl/α,β-unsaturated/α-hetero) is 1. The van der Waals surface area contributed by atoms with Crippen LogP contribution in [0.4, 0.5) is 0 Å². The van der Waals surface area contributed by atoms with Gasteiger partial charge in [-0.25, -0.2) is 0 Å². The van der Waals surface area contributed by atoms with Crippen molar-refractivity contribution >= 4 is 17.5 Å². The molecule has 0 saturated heterocycles. The Balaban J connectivity index is 2.78. The fraction of sp³-hybridized carbons (Fsp3) is 0.562. The van der Waals surface area contributed by atoms with Crippen molar-refractivity contribution in [1.29, 1.82) is 0 Å². The predicted molar refractivity (Wildman–Crippen MR) is 83.5 cm³/mol. The molecular weight excluding hydrogens is 256 g/mol. The van der Waals surface area contributed by atoms with Crippen molar-refractivity contribution in [2.24, 2.45) is 5.92 Å². The number of benzene rings is 1. The third kappa shape index (κ3) is 5.68. The molecule has 0 saturated carbocycles. The van der Waals surface area contributed by atoms with Gasteiger partial charge in [0.2, 0.25) is 0 Å². The molecule has 1 rings (SSSR count). The molecule has 0 bridgehead atoms. The van der Waals surface area contributed by atoms with Crippen molar-refractivity contribution in [2.45, 2.75) is 34.1 Å². The van der Waals surface area contributed by atoms with Gasteiger partial charge < -0.3 is 4.74 Å². The summed E-state index contributed by atoms with van der Waals surface area (Å²) in [5.74, 6) is 2.91. The zero-order chi connectivity index (χ0) is 14.3. The first-order valence-corrected chi connectivity index (χ1v) is 8.04. The molecule has 0 N–H and O–H groups in total. The first kappa shape index (κ1) is 16.1. The Morgan fingerprint density at radius 3 is 2.74 bits per heavy atom. The second-order valence-electron chi connectivity index (χ2n) is 5.18. The highest BCUT2D eigenvalue weighted by molar-refractivity contribution is 7.99. The van der Waals surface area contributed by atoms with Crippen LogP contribution >= 0.6 is 11.8 Å². The van der Waals surface area contributed by atoms with E-state index in [0.717, 1.165) is 29.1 Å². The SMILES string of the molecule is CCCSCC(=O)c1cc(C)ccc1OCC(C)C. The highest BCUT2D eigenvalue weighted by Crippen LogP contribution is 2.23. The highest BCUT2D eigenvalue weighted by atomic mass is 32.2. The predicted octanol–water partition coefficient (Wildman–Crippen LogP) is 4.36. The van der Waals surface area contributed by atoms with Gasteiger partial charge in [-0.1, -0.05) is 32.4 Å². The quantitative estimate of drug-likeness (QED) is 0.523. The molecule has 0 aliphatic carbocycles. The maximum atomic E-state index is 12.2. The number of rotatable bonds is 8. The fourth-order valence-electron chi connectivity index (χ4n) is 1.63. The molecule has 19 heavy (non-hydrogen) atoms. The van der Waals surface area contributed by atoms with Crippen molar-refractivity contribution in [3.8, 4) is 5.75 Å². The van der Waals surface area contributed by atoms with Gasteiger partial charge in [0.15, 0.2) is 5.78 Å². The van der Waals surface area contributed by atoms with Crippen molar-refractivity contribution in [3.63, 3.8) is 0 Å². The zero-order valence-electron chi connectivity index (χ0n) is 12.4. The van der Waals surface area contributed by atoms with Gasteiger partial charge in [0.05, 0.1) is 17.9 Å². The molecule has 0 fully saturated rings. The summed E-state index contributed by atoms with van der Waals surface area (Å²) in [6.45, 7) is 8.98. The summed E-state index contributed by atoms with van der Waals surface area (Å²) in [5.41, 5.74) is 1.82. The van der Waals surface area contributed by atoms with Crippen LogP contribution < -0.4 is 4.74 Å². The third-order valence-corrected chi connectivity index (χ3v) is 3.75. The highest BCUT2D eigenvalue weighted by Gasteiger charge is 2.13. The van der Waals surface area contributed by atoms with Gasteiger partial charge in [0.25, 0.3) is 0 Å². The summed E-state index contributed by atoms with van der Waals surface area (Å²) in [4.78, 5) is 12.2. The summed E-state index contributed by atoms with van der Waals surface area (Å²) >= 11 is 1.69. The van der Waals surface area contributed by atoms with E-state index in [9.17, 15) is 4.79 Å². The van der Waals surface area contributed by atoms with Gasteiger partial charge in [-0.2, -0.15) is 11.8 Å². The summed E-state index contributed by atoms with van der Waals surface area (Å²) in [6.07, 6.45) is 1.10. The third-order valence-electron chi connectivity index (χ3n) is 2.59. The Hall–Kier alpha value is -0.960. The molecule has 0 aliphatic heterocycles. The Morgan fingerprint density at radius 1 is 1.37 bits per heavy atom. The standard InChI is InChI=1S/C16H24O2S/c1-5-8-19-11-15(17)14-9-13(4)6-7-16(14)18-10-12(2)3/h6-7,9,12H,5,8,10-11H2,1-4H3. The van der Waals surface area contributed by atoms with Gasteiger partial charge >= 0.3 is 0 Å². The second-order valence-corrected chi connectivity index (χ2v) is 6.29. The van der Waals surface area contributed by atoms with Crippen LogP contribution in [0.15, 0.2) is 18.2 Å². The van der Waals surface area contributed by atoms with Crippen molar-refractivity contribution in [3.05, 3.63) is 29.3 Å². The molecule has 0 aliphatic rings. The molecule has 0 radical (unpaired) electrons. The maximum Gasteiger partial charge on any atom is 0.176 e. The molecule has 106 valence electrons. The minimum Gasteiger partial charge on any atom is -0.493 e. The van der Waals surface area contributed by atoms with Gasteiger partial charge in [-0.05, 0) is 37.1 Å². The molecule has 0 spiro atoms. The maximum absolute atomic E-state index is 12.2. The van der Waals surface area contributed by atoms with Crippen molar-refractivity contribution < 1.29 is 9.53 Å². The average Bonchev–Trinajstić information content (AvgIpc) is 2.37. The van der Waals surface area contributed by atoms with E-state index in [4.69, 9.17) is 4.74 Å². The summed E-state index contributed by atoms with van der Waals surface area (Å²) in [6, 6.07) is 5.84.